The molecule has 236 valence electrons. The van der Waals surface area contributed by atoms with Gasteiger partial charge in [0.15, 0.2) is 0 Å². The lowest BCUT2D eigenvalue weighted by Gasteiger charge is -2.50. The second kappa shape index (κ2) is 10.6. The van der Waals surface area contributed by atoms with Crippen molar-refractivity contribution in [1.29, 1.82) is 0 Å². The van der Waals surface area contributed by atoms with Gasteiger partial charge in [0.05, 0.1) is 0 Å². The molecule has 0 radical (unpaired) electrons. The van der Waals surface area contributed by atoms with Crippen LogP contribution >= 0.6 is 0 Å². The lowest BCUT2D eigenvalue weighted by Crippen LogP contribution is -2.78. The van der Waals surface area contributed by atoms with Crippen LogP contribution in [0.4, 0.5) is 79.0 Å². The summed E-state index contributed by atoms with van der Waals surface area (Å²) in [6, 6.07) is -2.88. The molecule has 6 nitrogen and oxygen atoms in total. The van der Waals surface area contributed by atoms with E-state index in [4.69, 9.17) is 0 Å². The standard InChI is InChI=1S/C15H13F18N3O3Si/c1-34(6(37)10(18,19)20)40(35(2)7(38)11(21,22)23,36(3)8(39)12(24,25)26)5-4-9(16,17)13(27,28)14(29,30)15(31,32)33/h4-5H2,1-3H3. The summed E-state index contributed by atoms with van der Waals surface area (Å²) >= 11 is 0. The first-order chi connectivity index (χ1) is 17.2. The summed E-state index contributed by atoms with van der Waals surface area (Å²) in [5.41, 5.74) is 0. The summed E-state index contributed by atoms with van der Waals surface area (Å²) in [6.07, 6.45) is -29.9. The van der Waals surface area contributed by atoms with Gasteiger partial charge in [0, 0.05) is 33.6 Å². The number of rotatable bonds is 8. The van der Waals surface area contributed by atoms with Crippen LogP contribution in [0.2, 0.25) is 6.04 Å². The van der Waals surface area contributed by atoms with E-state index in [1.807, 2.05) is 0 Å². The lowest BCUT2D eigenvalue weighted by molar-refractivity contribution is -0.396. The Morgan fingerprint density at radius 2 is 0.750 bits per heavy atom. The zero-order valence-electron chi connectivity index (χ0n) is 19.3. The molecule has 40 heavy (non-hydrogen) atoms. The highest BCUT2D eigenvalue weighted by Gasteiger charge is 2.81. The highest BCUT2D eigenvalue weighted by atomic mass is 28.4. The Labute approximate surface area is 210 Å². The van der Waals surface area contributed by atoms with Crippen molar-refractivity contribution in [3.05, 3.63) is 0 Å². The molecule has 0 spiro atoms. The van der Waals surface area contributed by atoms with Crippen molar-refractivity contribution >= 4 is 26.3 Å². The first kappa shape index (κ1) is 37.4. The van der Waals surface area contributed by atoms with Crippen LogP contribution in [-0.2, 0) is 14.4 Å². The minimum absolute atomic E-state index is 0.400. The molecule has 0 aromatic carbocycles. The monoisotopic (exact) mass is 653 g/mol. The lowest BCUT2D eigenvalue weighted by atomic mass is 10.0. The first-order valence-corrected chi connectivity index (χ1v) is 11.5. The van der Waals surface area contributed by atoms with Gasteiger partial charge >= 0.3 is 68.8 Å². The topological polar surface area (TPSA) is 60.9 Å². The Hall–Kier alpha value is -2.63. The maximum absolute atomic E-state index is 14.2. The molecule has 25 heteroatoms. The summed E-state index contributed by atoms with van der Waals surface area (Å²) in [5, 5.41) is 0. The molecule has 0 unspecified atom stereocenters. The molecule has 0 aromatic rings. The van der Waals surface area contributed by atoms with E-state index in [0.29, 0.717) is 0 Å². The largest absolute Gasteiger partial charge is 0.470 e. The number of carbonyl (C=O) groups is 3. The van der Waals surface area contributed by atoms with Gasteiger partial charge in [-0.05, 0) is 0 Å². The fourth-order valence-corrected chi connectivity index (χ4v) is 7.49. The number of amides is 3. The van der Waals surface area contributed by atoms with E-state index in [1.54, 1.807) is 0 Å². The molecular weight excluding hydrogens is 640 g/mol. The van der Waals surface area contributed by atoms with Gasteiger partial charge in [0.1, 0.15) is 0 Å². The number of hydrogen-bond donors (Lipinski definition) is 0. The molecule has 0 heterocycles. The van der Waals surface area contributed by atoms with E-state index >= 15 is 0 Å². The van der Waals surface area contributed by atoms with Gasteiger partial charge < -0.3 is 13.7 Å². The molecule has 0 N–H and O–H groups in total. The average molecular weight is 653 g/mol. The molecule has 0 aliphatic heterocycles. The van der Waals surface area contributed by atoms with Gasteiger partial charge in [0.2, 0.25) is 0 Å². The molecule has 3 amide bonds. The van der Waals surface area contributed by atoms with Crippen LogP contribution in [0.5, 0.6) is 0 Å². The fourth-order valence-electron chi connectivity index (χ4n) is 3.13. The van der Waals surface area contributed by atoms with E-state index < -0.39 is 116 Å². The number of alkyl halides is 18. The van der Waals surface area contributed by atoms with E-state index in [2.05, 4.69) is 0 Å². The van der Waals surface area contributed by atoms with Crippen LogP contribution in [0.25, 0.3) is 0 Å². The minimum atomic E-state index is -7.65. The third-order valence-electron chi connectivity index (χ3n) is 5.24. The maximum Gasteiger partial charge on any atom is 0.470 e. The summed E-state index contributed by atoms with van der Waals surface area (Å²) in [7, 11) is -8.17. The number of halogens is 18. The van der Waals surface area contributed by atoms with Gasteiger partial charge in [-0.1, -0.05) is 0 Å². The second-order valence-electron chi connectivity index (χ2n) is 7.71. The third kappa shape index (κ3) is 6.63. The molecule has 0 bridgehead atoms. The summed E-state index contributed by atoms with van der Waals surface area (Å²) in [6.45, 7) is 0. The van der Waals surface area contributed by atoms with Crippen molar-refractivity contribution in [1.82, 2.24) is 13.7 Å². The molecule has 0 fully saturated rings. The number of carbonyl (C=O) groups excluding carboxylic acids is 3. The van der Waals surface area contributed by atoms with Gasteiger partial charge in [-0.25, -0.2) is 0 Å². The molecule has 0 aliphatic carbocycles. The predicted molar refractivity (Wildman–Crippen MR) is 92.5 cm³/mol. The zero-order chi connectivity index (χ0) is 32.9. The van der Waals surface area contributed by atoms with Crippen LogP contribution in [0, 0.1) is 0 Å². The highest BCUT2D eigenvalue weighted by molar-refractivity contribution is 6.78. The Morgan fingerprint density at radius 3 is 0.950 bits per heavy atom. The normalized spacial score (nSPS) is 14.6. The third-order valence-corrected chi connectivity index (χ3v) is 9.99. The van der Waals surface area contributed by atoms with Crippen molar-refractivity contribution in [3.8, 4) is 0 Å². The van der Waals surface area contributed by atoms with Crippen LogP contribution in [0.15, 0.2) is 0 Å². The van der Waals surface area contributed by atoms with Gasteiger partial charge in [-0.3, -0.25) is 14.4 Å². The predicted octanol–water partition coefficient (Wildman–Crippen LogP) is 4.85. The fraction of sp³-hybridized carbons (Fsp3) is 0.800. The second-order valence-corrected chi connectivity index (χ2v) is 11.8. The molecule has 0 aromatic heterocycles. The first-order valence-electron chi connectivity index (χ1n) is 9.40. The van der Waals surface area contributed by atoms with Crippen LogP contribution in [0.3, 0.4) is 0 Å². The van der Waals surface area contributed by atoms with Crippen molar-refractivity contribution in [2.24, 2.45) is 0 Å². The summed E-state index contributed by atoms with van der Waals surface area (Å²) in [5.74, 6) is -32.7. The van der Waals surface area contributed by atoms with E-state index in [-0.39, 0.29) is 0 Å². The Kier molecular flexibility index (Phi) is 9.95. The molecule has 0 saturated carbocycles. The quantitative estimate of drug-likeness (QED) is 0.279. The molecule has 0 aliphatic rings. The van der Waals surface area contributed by atoms with E-state index in [0.717, 1.165) is 0 Å². The maximum atomic E-state index is 14.2. The highest BCUT2D eigenvalue weighted by Crippen LogP contribution is 2.55. The summed E-state index contributed by atoms with van der Waals surface area (Å²) in [4.78, 5) is 35.3. The van der Waals surface area contributed by atoms with E-state index in [1.165, 1.54) is 0 Å². The van der Waals surface area contributed by atoms with Crippen LogP contribution in [0.1, 0.15) is 6.42 Å². The van der Waals surface area contributed by atoms with Gasteiger partial charge in [0.25, 0.3) is 0 Å². The zero-order valence-corrected chi connectivity index (χ0v) is 20.3. The van der Waals surface area contributed by atoms with Crippen LogP contribution in [-0.4, -0.2) is 104 Å². The molecule has 0 saturated heterocycles. The average Bonchev–Trinajstić information content (AvgIpc) is 2.74. The van der Waals surface area contributed by atoms with Crippen molar-refractivity contribution in [3.63, 3.8) is 0 Å². The number of nitrogens with zero attached hydrogens (tertiary/aromatic N) is 3. The number of hydrogen-bond acceptors (Lipinski definition) is 3. The Morgan fingerprint density at radius 1 is 0.500 bits per heavy atom. The summed E-state index contributed by atoms with van der Waals surface area (Å²) < 4.78 is 233. The van der Waals surface area contributed by atoms with Crippen molar-refractivity contribution in [2.75, 3.05) is 21.1 Å². The molecule has 0 rings (SSSR count). The Bertz CT molecular complexity index is 892. The van der Waals surface area contributed by atoms with E-state index in [9.17, 15) is 93.4 Å². The van der Waals surface area contributed by atoms with Gasteiger partial charge in [-0.15, -0.1) is 0 Å². The molecular formula is C15H13F18N3O3Si. The molecule has 0 atom stereocenters. The van der Waals surface area contributed by atoms with Crippen molar-refractivity contribution in [2.45, 2.75) is 54.9 Å². The smallest absolute Gasteiger partial charge is 0.330 e. The van der Waals surface area contributed by atoms with Gasteiger partial charge in [-0.2, -0.15) is 79.0 Å². The SMILES string of the molecule is CN(C(=O)C(F)(F)F)[Si](CCC(F)(F)C(F)(F)C(F)(F)C(F)(F)F)(N(C)C(=O)C(F)(F)F)N(C)C(=O)C(F)(F)F. The van der Waals surface area contributed by atoms with Crippen molar-refractivity contribution < 1.29 is 93.4 Å². The Balaban J connectivity index is 7.52. The minimum Gasteiger partial charge on any atom is -0.330 e. The van der Waals surface area contributed by atoms with Crippen LogP contribution < -0.4 is 0 Å².